The number of aliphatic hydroxyl groups excluding tert-OH is 4. The van der Waals surface area contributed by atoms with E-state index in [0.29, 0.717) is 0 Å². The number of hydrogen-bond acceptors (Lipinski definition) is 5. The van der Waals surface area contributed by atoms with Gasteiger partial charge in [-0.1, -0.05) is 6.92 Å². The van der Waals surface area contributed by atoms with Crippen LogP contribution in [-0.2, 0) is 4.74 Å². The Hall–Kier alpha value is -0.200. The summed E-state index contributed by atoms with van der Waals surface area (Å²) in [6, 6.07) is 0. The molecule has 0 aromatic heterocycles. The second-order valence-electron chi connectivity index (χ2n) is 3.89. The van der Waals surface area contributed by atoms with Crippen molar-refractivity contribution in [2.75, 3.05) is 6.61 Å². The zero-order chi connectivity index (χ0) is 10.9. The third-order valence-corrected chi connectivity index (χ3v) is 2.93. The van der Waals surface area contributed by atoms with Crippen molar-refractivity contribution in [2.45, 2.75) is 44.4 Å². The molecular weight excluding hydrogens is 188 g/mol. The zero-order valence-corrected chi connectivity index (χ0v) is 8.37. The van der Waals surface area contributed by atoms with E-state index in [1.54, 1.807) is 13.8 Å². The Bertz CT molecular complexity index is 181. The van der Waals surface area contributed by atoms with Crippen LogP contribution in [0.3, 0.4) is 0 Å². The summed E-state index contributed by atoms with van der Waals surface area (Å²) in [6.07, 6.45) is -4.69. The van der Waals surface area contributed by atoms with Gasteiger partial charge in [0, 0.05) is 5.92 Å². The molecule has 1 heterocycles. The molecule has 4 N–H and O–H groups in total. The minimum Gasteiger partial charge on any atom is -0.394 e. The highest BCUT2D eigenvalue weighted by molar-refractivity contribution is 4.89. The topological polar surface area (TPSA) is 90.2 Å². The SMILES string of the molecule is CC1OC(CO)C(O)C(O)C(O)C1C. The van der Waals surface area contributed by atoms with Crippen LogP contribution < -0.4 is 0 Å². The van der Waals surface area contributed by atoms with Crippen LogP contribution in [0.5, 0.6) is 0 Å². The standard InChI is InChI=1S/C9H18O5/c1-4-5(2)14-6(3-10)8(12)9(13)7(4)11/h4-13H,3H2,1-2H3. The van der Waals surface area contributed by atoms with Gasteiger partial charge in [0.2, 0.25) is 0 Å². The summed E-state index contributed by atoms with van der Waals surface area (Å²) < 4.78 is 5.31. The van der Waals surface area contributed by atoms with Crippen molar-refractivity contribution in [3.8, 4) is 0 Å². The third-order valence-electron chi connectivity index (χ3n) is 2.93. The zero-order valence-electron chi connectivity index (χ0n) is 8.37. The van der Waals surface area contributed by atoms with Crippen LogP contribution in [0.2, 0.25) is 0 Å². The number of rotatable bonds is 1. The summed E-state index contributed by atoms with van der Waals surface area (Å²) in [5, 5.41) is 37.6. The van der Waals surface area contributed by atoms with Gasteiger partial charge in [-0.05, 0) is 6.92 Å². The number of aliphatic hydroxyl groups is 4. The van der Waals surface area contributed by atoms with Crippen LogP contribution >= 0.6 is 0 Å². The Morgan fingerprint density at radius 2 is 1.57 bits per heavy atom. The van der Waals surface area contributed by atoms with Gasteiger partial charge in [-0.3, -0.25) is 0 Å². The van der Waals surface area contributed by atoms with Crippen molar-refractivity contribution in [2.24, 2.45) is 5.92 Å². The molecule has 5 heteroatoms. The fourth-order valence-electron chi connectivity index (χ4n) is 1.64. The van der Waals surface area contributed by atoms with E-state index in [4.69, 9.17) is 9.84 Å². The molecule has 1 fully saturated rings. The molecule has 0 amide bonds. The Kier molecular flexibility index (Phi) is 3.86. The monoisotopic (exact) mass is 206 g/mol. The molecular formula is C9H18O5. The molecule has 0 aliphatic carbocycles. The van der Waals surface area contributed by atoms with Gasteiger partial charge >= 0.3 is 0 Å². The highest BCUT2D eigenvalue weighted by Gasteiger charge is 2.41. The summed E-state index contributed by atoms with van der Waals surface area (Å²) >= 11 is 0. The van der Waals surface area contributed by atoms with E-state index in [9.17, 15) is 15.3 Å². The summed E-state index contributed by atoms with van der Waals surface area (Å²) in [5.41, 5.74) is 0. The van der Waals surface area contributed by atoms with Crippen LogP contribution in [0, 0.1) is 5.92 Å². The van der Waals surface area contributed by atoms with Crippen molar-refractivity contribution in [3.63, 3.8) is 0 Å². The van der Waals surface area contributed by atoms with E-state index in [-0.39, 0.29) is 18.6 Å². The molecule has 0 aromatic rings. The van der Waals surface area contributed by atoms with E-state index >= 15 is 0 Å². The van der Waals surface area contributed by atoms with E-state index in [2.05, 4.69) is 0 Å². The maximum Gasteiger partial charge on any atom is 0.111 e. The molecule has 6 unspecified atom stereocenters. The fourth-order valence-corrected chi connectivity index (χ4v) is 1.64. The van der Waals surface area contributed by atoms with E-state index in [1.165, 1.54) is 0 Å². The minimum absolute atomic E-state index is 0.281. The molecule has 84 valence electrons. The van der Waals surface area contributed by atoms with Crippen LogP contribution in [0.25, 0.3) is 0 Å². The lowest BCUT2D eigenvalue weighted by Crippen LogP contribution is -2.45. The second-order valence-corrected chi connectivity index (χ2v) is 3.89. The van der Waals surface area contributed by atoms with Gasteiger partial charge in [0.25, 0.3) is 0 Å². The lowest BCUT2D eigenvalue weighted by molar-refractivity contribution is -0.116. The summed E-state index contributed by atoms with van der Waals surface area (Å²) in [6.45, 7) is 3.09. The molecule has 14 heavy (non-hydrogen) atoms. The van der Waals surface area contributed by atoms with Crippen LogP contribution in [-0.4, -0.2) is 57.6 Å². The van der Waals surface area contributed by atoms with E-state index in [1.807, 2.05) is 0 Å². The van der Waals surface area contributed by atoms with E-state index in [0.717, 1.165) is 0 Å². The van der Waals surface area contributed by atoms with Crippen molar-refractivity contribution in [1.29, 1.82) is 0 Å². The molecule has 5 nitrogen and oxygen atoms in total. The van der Waals surface area contributed by atoms with Crippen molar-refractivity contribution in [1.82, 2.24) is 0 Å². The van der Waals surface area contributed by atoms with Crippen molar-refractivity contribution in [3.05, 3.63) is 0 Å². The quantitative estimate of drug-likeness (QED) is 0.418. The molecule has 1 saturated heterocycles. The number of ether oxygens (including phenoxy) is 1. The Labute approximate surface area is 82.9 Å². The highest BCUT2D eigenvalue weighted by Crippen LogP contribution is 2.24. The first-order valence-electron chi connectivity index (χ1n) is 4.79. The van der Waals surface area contributed by atoms with Gasteiger partial charge in [0.1, 0.15) is 18.3 Å². The lowest BCUT2D eigenvalue weighted by Gasteiger charge is -2.24. The maximum absolute atomic E-state index is 9.61. The minimum atomic E-state index is -1.27. The van der Waals surface area contributed by atoms with Gasteiger partial charge in [0.05, 0.1) is 18.8 Å². The maximum atomic E-state index is 9.61. The lowest BCUT2D eigenvalue weighted by atomic mass is 9.93. The van der Waals surface area contributed by atoms with E-state index < -0.39 is 24.4 Å². The average molecular weight is 206 g/mol. The normalized spacial score (nSPS) is 50.1. The predicted octanol–water partition coefficient (Wildman–Crippen LogP) is -1.52. The summed E-state index contributed by atoms with van der Waals surface area (Å²) in [7, 11) is 0. The fraction of sp³-hybridized carbons (Fsp3) is 1.00. The molecule has 0 radical (unpaired) electrons. The first kappa shape index (κ1) is 11.9. The largest absolute Gasteiger partial charge is 0.394 e. The Balaban J connectivity index is 2.81. The second kappa shape index (κ2) is 4.55. The van der Waals surface area contributed by atoms with Crippen molar-refractivity contribution >= 4 is 0 Å². The third kappa shape index (κ3) is 2.07. The highest BCUT2D eigenvalue weighted by atomic mass is 16.5. The first-order chi connectivity index (χ1) is 6.49. The summed E-state index contributed by atoms with van der Waals surface area (Å²) in [5.74, 6) is -0.281. The molecule has 1 rings (SSSR count). The molecule has 0 saturated carbocycles. The van der Waals surface area contributed by atoms with Gasteiger partial charge in [0.15, 0.2) is 0 Å². The molecule has 1 aliphatic rings. The van der Waals surface area contributed by atoms with Crippen LogP contribution in [0.1, 0.15) is 13.8 Å². The van der Waals surface area contributed by atoms with Gasteiger partial charge in [-0.2, -0.15) is 0 Å². The molecule has 0 spiro atoms. The molecule has 6 atom stereocenters. The van der Waals surface area contributed by atoms with Crippen LogP contribution in [0.15, 0.2) is 0 Å². The van der Waals surface area contributed by atoms with Crippen LogP contribution in [0.4, 0.5) is 0 Å². The molecule has 1 aliphatic heterocycles. The predicted molar refractivity (Wildman–Crippen MR) is 48.6 cm³/mol. The Morgan fingerprint density at radius 1 is 1.00 bits per heavy atom. The molecule has 0 bridgehead atoms. The number of hydrogen-bond donors (Lipinski definition) is 4. The smallest absolute Gasteiger partial charge is 0.111 e. The van der Waals surface area contributed by atoms with Gasteiger partial charge in [-0.15, -0.1) is 0 Å². The molecule has 0 aromatic carbocycles. The van der Waals surface area contributed by atoms with Gasteiger partial charge in [-0.25, -0.2) is 0 Å². The van der Waals surface area contributed by atoms with Gasteiger partial charge < -0.3 is 25.2 Å². The van der Waals surface area contributed by atoms with Crippen molar-refractivity contribution < 1.29 is 25.2 Å². The first-order valence-corrected chi connectivity index (χ1v) is 4.79. The average Bonchev–Trinajstić information content (AvgIpc) is 2.25. The summed E-state index contributed by atoms with van der Waals surface area (Å²) in [4.78, 5) is 0. The Morgan fingerprint density at radius 3 is 2.07 bits per heavy atom.